The summed E-state index contributed by atoms with van der Waals surface area (Å²) in [5.41, 5.74) is 11.9. The average Bonchev–Trinajstić information content (AvgIpc) is 3.29. The zero-order valence-electron chi connectivity index (χ0n) is 18.4. The van der Waals surface area contributed by atoms with Gasteiger partial charge in [0.15, 0.2) is 11.0 Å². The Kier molecular flexibility index (Phi) is 8.45. The highest BCUT2D eigenvalue weighted by Crippen LogP contribution is 2.46. The molecule has 1 unspecified atom stereocenters. The molecule has 0 saturated carbocycles. The second kappa shape index (κ2) is 11.5. The van der Waals surface area contributed by atoms with Crippen molar-refractivity contribution in [2.75, 3.05) is 23.8 Å². The van der Waals surface area contributed by atoms with Crippen LogP contribution in [0.3, 0.4) is 0 Å². The lowest BCUT2D eigenvalue weighted by Gasteiger charge is -2.49. The number of fused-ring (bicyclic) bond motifs is 1. The van der Waals surface area contributed by atoms with E-state index in [-0.39, 0.29) is 16.7 Å². The number of aromatic nitrogens is 3. The van der Waals surface area contributed by atoms with Gasteiger partial charge in [0.1, 0.15) is 17.1 Å². The molecular weight excluding hydrogens is 549 g/mol. The summed E-state index contributed by atoms with van der Waals surface area (Å²) in [6.07, 6.45) is 3.34. The van der Waals surface area contributed by atoms with E-state index in [4.69, 9.17) is 11.5 Å². The number of carboxylic acid groups (broad SMARTS) is 1. The molecule has 4 rings (SSSR count). The van der Waals surface area contributed by atoms with Crippen molar-refractivity contribution in [2.45, 2.75) is 28.1 Å². The fraction of sp³-hybridized carbons (Fsp3) is 0.368. The maximum absolute atomic E-state index is 12.9. The van der Waals surface area contributed by atoms with Gasteiger partial charge in [-0.1, -0.05) is 11.8 Å². The summed E-state index contributed by atoms with van der Waals surface area (Å²) in [4.78, 5) is 59.4. The number of nitroso groups, excluding NO2 is 1. The van der Waals surface area contributed by atoms with Crippen LogP contribution in [0, 0.1) is 4.91 Å². The number of nitrogen functional groups attached to an aromatic ring is 1. The Morgan fingerprint density at radius 1 is 1.42 bits per heavy atom. The minimum Gasteiger partial charge on any atom is -0.477 e. The highest BCUT2D eigenvalue weighted by molar-refractivity contribution is 8.06. The Morgan fingerprint density at radius 3 is 2.89 bits per heavy atom. The summed E-state index contributed by atoms with van der Waals surface area (Å²) in [5.74, 6) is -1.10. The van der Waals surface area contributed by atoms with Crippen molar-refractivity contribution in [3.8, 4) is 0 Å². The van der Waals surface area contributed by atoms with E-state index in [1.54, 1.807) is 24.2 Å². The van der Waals surface area contributed by atoms with Gasteiger partial charge < -0.3 is 21.9 Å². The Hall–Kier alpha value is -2.73. The number of nitrogens with one attached hydrogen (secondary N) is 1. The maximum Gasteiger partial charge on any atom is 0.353 e. The van der Waals surface area contributed by atoms with Crippen LogP contribution in [0.2, 0.25) is 0 Å². The summed E-state index contributed by atoms with van der Waals surface area (Å²) in [7, 11) is 0. The topological polar surface area (TPSA) is 207 Å². The molecule has 0 bridgehead atoms. The second-order valence-corrected chi connectivity index (χ2v) is 11.5. The van der Waals surface area contributed by atoms with E-state index in [9.17, 15) is 24.4 Å². The average molecular weight is 569 g/mol. The van der Waals surface area contributed by atoms with Crippen LogP contribution in [0.25, 0.3) is 0 Å². The van der Waals surface area contributed by atoms with Crippen LogP contribution < -0.4 is 16.8 Å². The number of amides is 2. The Morgan fingerprint density at radius 2 is 2.22 bits per heavy atom. The molecule has 2 aromatic rings. The van der Waals surface area contributed by atoms with Crippen LogP contribution in [0.5, 0.6) is 0 Å². The first kappa shape index (κ1) is 26.3. The number of aliphatic carboxylic acids is 1. The van der Waals surface area contributed by atoms with Gasteiger partial charge in [-0.15, -0.1) is 16.7 Å². The molecule has 2 amide bonds. The molecule has 1 fully saturated rings. The monoisotopic (exact) mass is 568 g/mol. The standard InChI is InChI=1S/C19H20N8O5S4/c20-2-4-33-6-8-1-3-22-5-9(8)35-10-7-34-17-12(16(29)27(17)13(10)18(30)31)23-15(28)11(25-32)14-24-19(21)36-26-14/h1,3,5,11-12,17H,2,4,6-7,20H2,(H,23,28)(H,30,31)(H2,21,24,26)/t11?,12-,17+/m1/s1. The molecule has 1 saturated heterocycles. The number of carbonyl (C=O) groups is 3. The van der Waals surface area contributed by atoms with E-state index in [1.807, 2.05) is 6.07 Å². The van der Waals surface area contributed by atoms with Crippen LogP contribution in [0.15, 0.2) is 39.1 Å². The number of rotatable bonds is 11. The molecule has 0 aromatic carbocycles. The number of β-lactam (4-membered cyclic amide) rings is 1. The number of thioether (sulfide) groups is 3. The molecule has 13 nitrogen and oxygen atoms in total. The number of carboxylic acids is 1. The molecule has 17 heteroatoms. The first-order chi connectivity index (χ1) is 17.3. The van der Waals surface area contributed by atoms with Gasteiger partial charge in [-0.25, -0.2) is 9.78 Å². The summed E-state index contributed by atoms with van der Waals surface area (Å²) >= 11 is 5.03. The minimum atomic E-state index is -1.57. The first-order valence-corrected chi connectivity index (χ1v) is 14.2. The lowest BCUT2D eigenvalue weighted by molar-refractivity contribution is -0.150. The number of carbonyl (C=O) groups excluding carboxylic acids is 2. The molecule has 36 heavy (non-hydrogen) atoms. The maximum atomic E-state index is 12.9. The van der Waals surface area contributed by atoms with Crippen molar-refractivity contribution < 1.29 is 19.5 Å². The fourth-order valence-corrected chi connectivity index (χ4v) is 7.39. The van der Waals surface area contributed by atoms with Crippen molar-refractivity contribution in [2.24, 2.45) is 10.9 Å². The summed E-state index contributed by atoms with van der Waals surface area (Å²) in [6, 6.07) is -0.727. The predicted octanol–water partition coefficient (Wildman–Crippen LogP) is 1.00. The zero-order chi connectivity index (χ0) is 25.8. The number of nitrogens with zero attached hydrogens (tertiary/aromatic N) is 5. The summed E-state index contributed by atoms with van der Waals surface area (Å²) in [5, 5.41) is 14.6. The number of nitrogens with two attached hydrogens (primary N) is 2. The van der Waals surface area contributed by atoms with Crippen LogP contribution >= 0.6 is 46.8 Å². The van der Waals surface area contributed by atoms with E-state index in [0.717, 1.165) is 32.6 Å². The largest absolute Gasteiger partial charge is 0.477 e. The van der Waals surface area contributed by atoms with Crippen LogP contribution in [-0.4, -0.2) is 71.6 Å². The zero-order valence-corrected chi connectivity index (χ0v) is 21.7. The summed E-state index contributed by atoms with van der Waals surface area (Å²) < 4.78 is 3.82. The van der Waals surface area contributed by atoms with E-state index in [0.29, 0.717) is 23.0 Å². The van der Waals surface area contributed by atoms with Gasteiger partial charge in [0.25, 0.3) is 11.8 Å². The lowest BCUT2D eigenvalue weighted by atomic mass is 10.0. The molecule has 2 aliphatic heterocycles. The fourth-order valence-electron chi connectivity index (χ4n) is 3.49. The number of hydrogen-bond acceptors (Lipinski definition) is 14. The normalized spacial score (nSPS) is 19.9. The smallest absolute Gasteiger partial charge is 0.353 e. The predicted molar refractivity (Wildman–Crippen MR) is 138 cm³/mol. The molecule has 3 atom stereocenters. The number of pyridine rings is 1. The molecular formula is C19H20N8O5S4. The Balaban J connectivity index is 1.51. The van der Waals surface area contributed by atoms with E-state index in [1.165, 1.54) is 23.5 Å². The van der Waals surface area contributed by atoms with Crippen molar-refractivity contribution in [1.29, 1.82) is 0 Å². The SMILES string of the molecule is NCCSCc1ccncc1SC1=C(C(=O)O)N2C(=O)[C@@H](NC(=O)C(N=O)c3nsc(N)n3)[C@@H]2SC1. The quantitative estimate of drug-likeness (QED) is 0.170. The van der Waals surface area contributed by atoms with Gasteiger partial charge in [0.05, 0.1) is 0 Å². The van der Waals surface area contributed by atoms with Gasteiger partial charge in [-0.05, 0) is 16.8 Å². The van der Waals surface area contributed by atoms with Gasteiger partial charge in [0.2, 0.25) is 6.04 Å². The van der Waals surface area contributed by atoms with Gasteiger partial charge in [-0.2, -0.15) is 16.1 Å². The third kappa shape index (κ3) is 5.34. The molecule has 2 aliphatic rings. The van der Waals surface area contributed by atoms with E-state index >= 15 is 0 Å². The van der Waals surface area contributed by atoms with Crippen LogP contribution in [0.1, 0.15) is 17.4 Å². The van der Waals surface area contributed by atoms with Crippen molar-refractivity contribution >= 4 is 69.7 Å². The van der Waals surface area contributed by atoms with Gasteiger partial charge in [-0.3, -0.25) is 19.5 Å². The van der Waals surface area contributed by atoms with Crippen molar-refractivity contribution in [1.82, 2.24) is 24.6 Å². The van der Waals surface area contributed by atoms with Crippen molar-refractivity contribution in [3.05, 3.63) is 45.4 Å². The van der Waals surface area contributed by atoms with Gasteiger partial charge in [0, 0.05) is 57.5 Å². The van der Waals surface area contributed by atoms with Crippen LogP contribution in [0.4, 0.5) is 5.13 Å². The third-order valence-electron chi connectivity index (χ3n) is 5.11. The summed E-state index contributed by atoms with van der Waals surface area (Å²) in [6.45, 7) is 0.553. The van der Waals surface area contributed by atoms with E-state index in [2.05, 4.69) is 24.8 Å². The molecule has 0 spiro atoms. The minimum absolute atomic E-state index is 0.0659. The highest BCUT2D eigenvalue weighted by Gasteiger charge is 2.55. The molecule has 190 valence electrons. The second-order valence-electron chi connectivity index (χ2n) is 7.40. The van der Waals surface area contributed by atoms with Crippen LogP contribution in [-0.2, 0) is 20.1 Å². The molecule has 6 N–H and O–H groups in total. The molecule has 2 aromatic heterocycles. The Bertz CT molecular complexity index is 1220. The molecule has 0 radical (unpaired) electrons. The van der Waals surface area contributed by atoms with Crippen molar-refractivity contribution in [3.63, 3.8) is 0 Å². The Labute approximate surface area is 221 Å². The number of hydrogen-bond donors (Lipinski definition) is 4. The lowest BCUT2D eigenvalue weighted by Crippen LogP contribution is -2.70. The molecule has 0 aliphatic carbocycles. The first-order valence-electron chi connectivity index (χ1n) is 10.4. The third-order valence-corrected chi connectivity index (χ3v) is 9.34. The number of anilines is 1. The van der Waals surface area contributed by atoms with Gasteiger partial charge >= 0.3 is 5.97 Å². The molecule has 4 heterocycles. The van der Waals surface area contributed by atoms with E-state index < -0.39 is 35.2 Å². The highest BCUT2D eigenvalue weighted by atomic mass is 32.2.